The van der Waals surface area contributed by atoms with E-state index in [2.05, 4.69) is 6.08 Å². The molecule has 4 heteroatoms. The molecule has 0 bridgehead atoms. The minimum Gasteiger partial charge on any atom is -0.396 e. The van der Waals surface area contributed by atoms with Crippen LogP contribution in [-0.2, 0) is 6.42 Å². The van der Waals surface area contributed by atoms with Gasteiger partial charge in [-0.3, -0.25) is 4.79 Å². The maximum atomic E-state index is 10.6. The highest BCUT2D eigenvalue weighted by molar-refractivity contribution is 7.13. The number of aliphatic hydroxyl groups excluding tert-OH is 2. The van der Waals surface area contributed by atoms with Crippen LogP contribution in [0, 0.1) is 5.92 Å². The summed E-state index contributed by atoms with van der Waals surface area (Å²) in [5.41, 5.74) is 1.18. The second-order valence-electron chi connectivity index (χ2n) is 4.65. The largest absolute Gasteiger partial charge is 0.396 e. The Morgan fingerprint density at radius 2 is 2.22 bits per heavy atom. The van der Waals surface area contributed by atoms with Crippen molar-refractivity contribution >= 4 is 17.6 Å². The van der Waals surface area contributed by atoms with E-state index in [-0.39, 0.29) is 12.5 Å². The van der Waals surface area contributed by atoms with Crippen LogP contribution in [0.2, 0.25) is 0 Å². The molecule has 0 aliphatic heterocycles. The molecule has 1 aromatic rings. The highest BCUT2D eigenvalue weighted by atomic mass is 32.1. The number of carbonyl (C=O) groups excluding carboxylic acids is 1. The number of aldehydes is 1. The van der Waals surface area contributed by atoms with Gasteiger partial charge in [0.15, 0.2) is 6.29 Å². The van der Waals surface area contributed by atoms with E-state index >= 15 is 0 Å². The highest BCUT2D eigenvalue weighted by Gasteiger charge is 2.26. The molecule has 3 nitrogen and oxygen atoms in total. The van der Waals surface area contributed by atoms with Gasteiger partial charge in [-0.25, -0.2) is 0 Å². The number of hydrogen-bond donors (Lipinski definition) is 2. The zero-order chi connectivity index (χ0) is 13.0. The highest BCUT2D eigenvalue weighted by Crippen LogP contribution is 2.30. The van der Waals surface area contributed by atoms with E-state index in [0.29, 0.717) is 6.42 Å². The van der Waals surface area contributed by atoms with Crippen LogP contribution in [0.4, 0.5) is 0 Å². The van der Waals surface area contributed by atoms with Crippen molar-refractivity contribution in [1.29, 1.82) is 0 Å². The van der Waals surface area contributed by atoms with Gasteiger partial charge in [-0.1, -0.05) is 11.6 Å². The van der Waals surface area contributed by atoms with E-state index in [1.165, 1.54) is 21.8 Å². The minimum absolute atomic E-state index is 0.0291. The monoisotopic (exact) mass is 266 g/mol. The Labute approximate surface area is 111 Å². The first-order valence-electron chi connectivity index (χ1n) is 6.26. The van der Waals surface area contributed by atoms with Gasteiger partial charge in [-0.15, -0.1) is 11.3 Å². The SMILES string of the molecule is O=Cc1ccc(CCCC2=CC[C@@H](O)[C@@H]2CO)s1. The van der Waals surface area contributed by atoms with Crippen LogP contribution in [0.15, 0.2) is 23.8 Å². The Hall–Kier alpha value is -0.970. The first-order chi connectivity index (χ1) is 8.74. The third kappa shape index (κ3) is 3.07. The standard InChI is InChI=1S/C14H18O3S/c15-8-12-6-5-11(18-12)3-1-2-10-4-7-14(17)13(10)9-16/h4-6,8,13-14,16-17H,1-3,7,9H2/t13-,14-/m1/s1. The molecule has 98 valence electrons. The van der Waals surface area contributed by atoms with Crippen LogP contribution < -0.4 is 0 Å². The molecular formula is C14H18O3S. The molecule has 1 aliphatic carbocycles. The Morgan fingerprint density at radius 1 is 1.39 bits per heavy atom. The lowest BCUT2D eigenvalue weighted by Crippen LogP contribution is -2.20. The number of carbonyl (C=O) groups is 1. The van der Waals surface area contributed by atoms with Crippen molar-refractivity contribution in [2.75, 3.05) is 6.61 Å². The molecule has 1 aromatic heterocycles. The normalized spacial score (nSPS) is 23.1. The van der Waals surface area contributed by atoms with Gasteiger partial charge in [0, 0.05) is 10.8 Å². The molecule has 2 atom stereocenters. The van der Waals surface area contributed by atoms with Crippen LogP contribution in [0.1, 0.15) is 33.8 Å². The summed E-state index contributed by atoms with van der Waals surface area (Å²) in [6.45, 7) is 0.0291. The fraction of sp³-hybridized carbons (Fsp3) is 0.500. The summed E-state index contributed by atoms with van der Waals surface area (Å²) in [7, 11) is 0. The van der Waals surface area contributed by atoms with Gasteiger partial charge in [0.1, 0.15) is 0 Å². The molecule has 0 spiro atoms. The number of rotatable bonds is 6. The second-order valence-corrected chi connectivity index (χ2v) is 5.85. The van der Waals surface area contributed by atoms with E-state index in [0.717, 1.165) is 30.4 Å². The molecule has 2 N–H and O–H groups in total. The number of thiophene rings is 1. The number of hydrogen-bond acceptors (Lipinski definition) is 4. The Bertz CT molecular complexity index is 436. The Balaban J connectivity index is 1.80. The molecule has 0 radical (unpaired) electrons. The van der Waals surface area contributed by atoms with Gasteiger partial charge in [-0.2, -0.15) is 0 Å². The average Bonchev–Trinajstić information content (AvgIpc) is 2.96. The average molecular weight is 266 g/mol. The molecule has 0 saturated heterocycles. The predicted octanol–water partition coefficient (Wildman–Crippen LogP) is 2.18. The van der Waals surface area contributed by atoms with E-state index in [1.54, 1.807) is 0 Å². The molecule has 0 aromatic carbocycles. The quantitative estimate of drug-likeness (QED) is 0.613. The molecule has 0 unspecified atom stereocenters. The van der Waals surface area contributed by atoms with Gasteiger partial charge in [0.25, 0.3) is 0 Å². The lowest BCUT2D eigenvalue weighted by Gasteiger charge is -2.15. The molecule has 0 saturated carbocycles. The third-order valence-corrected chi connectivity index (χ3v) is 4.52. The van der Waals surface area contributed by atoms with Crippen molar-refractivity contribution in [1.82, 2.24) is 0 Å². The van der Waals surface area contributed by atoms with Crippen LogP contribution in [0.25, 0.3) is 0 Å². The van der Waals surface area contributed by atoms with Gasteiger partial charge in [0.2, 0.25) is 0 Å². The first kappa shape index (κ1) is 13.5. The van der Waals surface area contributed by atoms with E-state index in [4.69, 9.17) is 0 Å². The summed E-state index contributed by atoms with van der Waals surface area (Å²) < 4.78 is 0. The van der Waals surface area contributed by atoms with Gasteiger partial charge in [0.05, 0.1) is 17.6 Å². The van der Waals surface area contributed by atoms with E-state index < -0.39 is 6.10 Å². The Kier molecular flexibility index (Phi) is 4.69. The van der Waals surface area contributed by atoms with Crippen molar-refractivity contribution in [3.8, 4) is 0 Å². The van der Waals surface area contributed by atoms with Gasteiger partial charge < -0.3 is 10.2 Å². The van der Waals surface area contributed by atoms with Crippen LogP contribution in [0.3, 0.4) is 0 Å². The summed E-state index contributed by atoms with van der Waals surface area (Å²) in [6.07, 6.45) is 6.04. The number of aliphatic hydroxyl groups is 2. The number of aryl methyl sites for hydroxylation is 1. The molecule has 18 heavy (non-hydrogen) atoms. The van der Waals surface area contributed by atoms with Crippen molar-refractivity contribution in [2.45, 2.75) is 31.8 Å². The van der Waals surface area contributed by atoms with Gasteiger partial charge in [-0.05, 0) is 37.8 Å². The lowest BCUT2D eigenvalue weighted by atomic mass is 9.96. The second kappa shape index (κ2) is 6.27. The third-order valence-electron chi connectivity index (χ3n) is 3.45. The van der Waals surface area contributed by atoms with E-state index in [1.807, 2.05) is 12.1 Å². The molecule has 1 heterocycles. The summed E-state index contributed by atoms with van der Waals surface area (Å²) in [5, 5.41) is 18.9. The predicted molar refractivity (Wildman–Crippen MR) is 71.9 cm³/mol. The molecule has 2 rings (SSSR count). The minimum atomic E-state index is -0.409. The Morgan fingerprint density at radius 3 is 2.89 bits per heavy atom. The zero-order valence-corrected chi connectivity index (χ0v) is 11.0. The summed E-state index contributed by atoms with van der Waals surface area (Å²) >= 11 is 1.54. The van der Waals surface area contributed by atoms with Gasteiger partial charge >= 0.3 is 0 Å². The fourth-order valence-electron chi connectivity index (χ4n) is 2.42. The molecule has 0 amide bonds. The summed E-state index contributed by atoms with van der Waals surface area (Å²) in [5.74, 6) is -0.0705. The maximum absolute atomic E-state index is 10.6. The van der Waals surface area contributed by atoms with Crippen LogP contribution >= 0.6 is 11.3 Å². The van der Waals surface area contributed by atoms with Crippen molar-refractivity contribution in [3.63, 3.8) is 0 Å². The van der Waals surface area contributed by atoms with Crippen molar-refractivity contribution < 1.29 is 15.0 Å². The molecular weight excluding hydrogens is 248 g/mol. The van der Waals surface area contributed by atoms with E-state index in [9.17, 15) is 15.0 Å². The van der Waals surface area contributed by atoms with Crippen molar-refractivity contribution in [3.05, 3.63) is 33.5 Å². The smallest absolute Gasteiger partial charge is 0.160 e. The van der Waals surface area contributed by atoms with Crippen LogP contribution in [-0.4, -0.2) is 29.2 Å². The zero-order valence-electron chi connectivity index (χ0n) is 10.2. The van der Waals surface area contributed by atoms with Crippen molar-refractivity contribution in [2.24, 2.45) is 5.92 Å². The fourth-order valence-corrected chi connectivity index (χ4v) is 3.29. The van der Waals surface area contributed by atoms with Crippen LogP contribution in [0.5, 0.6) is 0 Å². The molecule has 1 aliphatic rings. The maximum Gasteiger partial charge on any atom is 0.160 e. The molecule has 0 fully saturated rings. The topological polar surface area (TPSA) is 57.5 Å². The first-order valence-corrected chi connectivity index (χ1v) is 7.08. The summed E-state index contributed by atoms with van der Waals surface area (Å²) in [4.78, 5) is 12.6. The lowest BCUT2D eigenvalue weighted by molar-refractivity contribution is 0.0978. The summed E-state index contributed by atoms with van der Waals surface area (Å²) in [6, 6.07) is 3.85.